The topological polar surface area (TPSA) is 3.24 Å². The van der Waals surface area contributed by atoms with Crippen molar-refractivity contribution < 1.29 is 0 Å². The van der Waals surface area contributed by atoms with Crippen LogP contribution in [0.1, 0.15) is 0 Å². The van der Waals surface area contributed by atoms with Crippen molar-refractivity contribution in [2.75, 3.05) is 4.90 Å². The first-order valence-electron chi connectivity index (χ1n) is 20.3. The molecule has 1 heteroatoms. The van der Waals surface area contributed by atoms with E-state index in [9.17, 15) is 0 Å². The van der Waals surface area contributed by atoms with Crippen LogP contribution in [0, 0.1) is 0 Å². The first kappa shape index (κ1) is 34.5. The van der Waals surface area contributed by atoms with E-state index < -0.39 is 0 Å². The van der Waals surface area contributed by atoms with Crippen LogP contribution in [0.25, 0.3) is 87.6 Å². The number of hydrogen-bond acceptors (Lipinski definition) is 1. The van der Waals surface area contributed by atoms with Gasteiger partial charge in [-0.3, -0.25) is 0 Å². The molecule has 0 aliphatic carbocycles. The molecule has 0 bridgehead atoms. The van der Waals surface area contributed by atoms with Crippen molar-refractivity contribution in [2.45, 2.75) is 0 Å². The second kappa shape index (κ2) is 14.6. The number of benzene rings is 11. The molecule has 0 atom stereocenters. The molecule has 0 aromatic heterocycles. The van der Waals surface area contributed by atoms with Crippen molar-refractivity contribution in [3.63, 3.8) is 0 Å². The molecule has 0 fully saturated rings. The molecule has 0 saturated heterocycles. The summed E-state index contributed by atoms with van der Waals surface area (Å²) in [5, 5.41) is 9.97. The second-order valence-electron chi connectivity index (χ2n) is 15.2. The first-order valence-corrected chi connectivity index (χ1v) is 20.3. The maximum atomic E-state index is 2.45. The van der Waals surface area contributed by atoms with Crippen LogP contribution in [0.4, 0.5) is 17.1 Å². The highest BCUT2D eigenvalue weighted by Crippen LogP contribution is 2.50. The molecule has 11 rings (SSSR count). The van der Waals surface area contributed by atoms with Gasteiger partial charge in [0.2, 0.25) is 0 Å². The minimum atomic E-state index is 1.10. The molecule has 0 aliphatic heterocycles. The van der Waals surface area contributed by atoms with Gasteiger partial charge in [-0.1, -0.05) is 194 Å². The summed E-state index contributed by atoms with van der Waals surface area (Å²) in [4.78, 5) is 2.38. The van der Waals surface area contributed by atoms with E-state index in [1.54, 1.807) is 0 Å². The van der Waals surface area contributed by atoms with Crippen LogP contribution in [0.5, 0.6) is 0 Å². The minimum absolute atomic E-state index is 1.10. The van der Waals surface area contributed by atoms with E-state index in [-0.39, 0.29) is 0 Å². The van der Waals surface area contributed by atoms with Crippen LogP contribution in [0.15, 0.2) is 237 Å². The molecule has 0 unspecified atom stereocenters. The summed E-state index contributed by atoms with van der Waals surface area (Å²) in [6.07, 6.45) is 0. The Kier molecular flexibility index (Phi) is 8.56. The number of fused-ring (bicyclic) bond motifs is 7. The van der Waals surface area contributed by atoms with Gasteiger partial charge in [0, 0.05) is 16.8 Å². The van der Waals surface area contributed by atoms with Gasteiger partial charge in [-0.05, 0) is 125 Å². The van der Waals surface area contributed by atoms with E-state index in [1.807, 2.05) is 0 Å². The third-order valence-corrected chi connectivity index (χ3v) is 11.8. The zero-order chi connectivity index (χ0) is 39.1. The zero-order valence-electron chi connectivity index (χ0n) is 32.5. The van der Waals surface area contributed by atoms with Crippen molar-refractivity contribution in [3.8, 4) is 44.5 Å². The molecule has 11 aromatic rings. The number of hydrogen-bond donors (Lipinski definition) is 0. The lowest BCUT2D eigenvalue weighted by molar-refractivity contribution is 1.30. The van der Waals surface area contributed by atoms with E-state index >= 15 is 0 Å². The molecule has 59 heavy (non-hydrogen) atoms. The highest BCUT2D eigenvalue weighted by atomic mass is 15.1. The zero-order valence-corrected chi connectivity index (χ0v) is 32.5. The Morgan fingerprint density at radius 3 is 1.47 bits per heavy atom. The highest BCUT2D eigenvalue weighted by molar-refractivity contribution is 6.33. The normalized spacial score (nSPS) is 11.4. The lowest BCUT2D eigenvalue weighted by Gasteiger charge is -2.27. The van der Waals surface area contributed by atoms with Gasteiger partial charge < -0.3 is 4.90 Å². The Morgan fingerprint density at radius 2 is 0.763 bits per heavy atom. The molecule has 0 N–H and O–H groups in total. The lowest BCUT2D eigenvalue weighted by Crippen LogP contribution is -2.10. The number of rotatable bonds is 7. The van der Waals surface area contributed by atoms with E-state index in [4.69, 9.17) is 0 Å². The monoisotopic (exact) mass is 749 g/mol. The predicted octanol–water partition coefficient (Wildman–Crippen LogP) is 16.4. The highest BCUT2D eigenvalue weighted by Gasteiger charge is 2.22. The lowest BCUT2D eigenvalue weighted by atomic mass is 9.81. The van der Waals surface area contributed by atoms with Gasteiger partial charge in [-0.15, -0.1) is 0 Å². The van der Waals surface area contributed by atoms with Crippen molar-refractivity contribution in [2.24, 2.45) is 0 Å². The number of anilines is 3. The van der Waals surface area contributed by atoms with E-state index in [1.165, 1.54) is 87.6 Å². The minimum Gasteiger partial charge on any atom is -0.310 e. The Labute approximate surface area is 344 Å². The molecule has 276 valence electrons. The summed E-state index contributed by atoms with van der Waals surface area (Å²) >= 11 is 0. The maximum absolute atomic E-state index is 2.45. The first-order chi connectivity index (χ1) is 29.3. The molecule has 1 nitrogen and oxygen atoms in total. The smallest absolute Gasteiger partial charge is 0.0540 e. The summed E-state index contributed by atoms with van der Waals surface area (Å²) in [5.74, 6) is 0. The van der Waals surface area contributed by atoms with Gasteiger partial charge in [0.15, 0.2) is 0 Å². The van der Waals surface area contributed by atoms with Gasteiger partial charge in [-0.2, -0.15) is 0 Å². The summed E-state index contributed by atoms with van der Waals surface area (Å²) in [6, 6.07) is 86.3. The summed E-state index contributed by atoms with van der Waals surface area (Å²) < 4.78 is 0. The molecule has 0 aliphatic rings. The van der Waals surface area contributed by atoms with Crippen LogP contribution in [-0.4, -0.2) is 0 Å². The fourth-order valence-corrected chi connectivity index (χ4v) is 9.14. The Bertz CT molecular complexity index is 3280. The Morgan fingerprint density at radius 1 is 0.254 bits per heavy atom. The summed E-state index contributed by atoms with van der Waals surface area (Å²) in [6.45, 7) is 0. The third kappa shape index (κ3) is 6.04. The summed E-state index contributed by atoms with van der Waals surface area (Å²) in [7, 11) is 0. The van der Waals surface area contributed by atoms with E-state index in [0.717, 1.165) is 17.1 Å². The van der Waals surface area contributed by atoms with Crippen LogP contribution in [-0.2, 0) is 0 Å². The summed E-state index contributed by atoms with van der Waals surface area (Å²) in [5.41, 5.74) is 13.1. The largest absolute Gasteiger partial charge is 0.310 e. The quantitative estimate of drug-likeness (QED) is 0.147. The number of nitrogens with zero attached hydrogens (tertiary/aromatic N) is 1. The van der Waals surface area contributed by atoms with Crippen LogP contribution in [0.2, 0.25) is 0 Å². The maximum Gasteiger partial charge on any atom is 0.0540 e. The molecule has 0 saturated carbocycles. The second-order valence-corrected chi connectivity index (χ2v) is 15.2. The van der Waals surface area contributed by atoms with Crippen molar-refractivity contribution in [1.29, 1.82) is 0 Å². The van der Waals surface area contributed by atoms with Crippen LogP contribution < -0.4 is 4.90 Å². The molecular formula is C58H39N. The molecule has 0 radical (unpaired) electrons. The average molecular weight is 750 g/mol. The molecule has 0 heterocycles. The predicted molar refractivity (Wildman–Crippen MR) is 253 cm³/mol. The number of para-hydroxylation sites is 1. The standard InChI is InChI=1S/C58H39N/c1-5-18-40(19-6-1)45-34-37-51-54(38-45)49-29-15-16-30-50(49)58-56(44-23-9-3-10-24-44)52(42-20-7-2-8-21-42)39-53(57(51)58)43-32-35-47(36-33-43)59(46-26-11-4-12-27-46)55-31-17-25-41-22-13-14-28-48(41)55/h1-39H. The van der Waals surface area contributed by atoms with Gasteiger partial charge in [0.1, 0.15) is 0 Å². The third-order valence-electron chi connectivity index (χ3n) is 11.8. The van der Waals surface area contributed by atoms with E-state index in [0.29, 0.717) is 0 Å². The van der Waals surface area contributed by atoms with Crippen molar-refractivity contribution in [1.82, 2.24) is 0 Å². The van der Waals surface area contributed by atoms with Gasteiger partial charge in [-0.25, -0.2) is 0 Å². The van der Waals surface area contributed by atoms with Crippen molar-refractivity contribution in [3.05, 3.63) is 237 Å². The SMILES string of the molecule is c1ccc(-c2ccc3c(c2)c2ccccc2c2c(-c4ccccc4)c(-c4ccccc4)cc(-c4ccc(N(c5ccccc5)c5cccc6ccccc56)cc4)c32)cc1. The Hall–Kier alpha value is -7.74. The van der Waals surface area contributed by atoms with E-state index in [2.05, 4.69) is 241 Å². The Balaban J connectivity index is 1.22. The fraction of sp³-hybridized carbons (Fsp3) is 0. The van der Waals surface area contributed by atoms with Gasteiger partial charge in [0.05, 0.1) is 5.69 Å². The van der Waals surface area contributed by atoms with Gasteiger partial charge in [0.25, 0.3) is 0 Å². The van der Waals surface area contributed by atoms with Crippen LogP contribution >= 0.6 is 0 Å². The molecular weight excluding hydrogens is 711 g/mol. The van der Waals surface area contributed by atoms with Crippen molar-refractivity contribution >= 4 is 60.2 Å². The molecule has 11 aromatic carbocycles. The average Bonchev–Trinajstić information content (AvgIpc) is 3.32. The van der Waals surface area contributed by atoms with Crippen LogP contribution in [0.3, 0.4) is 0 Å². The molecule has 0 amide bonds. The molecule has 0 spiro atoms. The fourth-order valence-electron chi connectivity index (χ4n) is 9.14. The van der Waals surface area contributed by atoms with Gasteiger partial charge >= 0.3 is 0 Å².